The largest absolute Gasteiger partial charge is 0.460 e. The smallest absolute Gasteiger partial charge is 0.338 e. The molecular formula is C20H24N4O3. The number of benzene rings is 1. The van der Waals surface area contributed by atoms with Crippen LogP contribution in [-0.2, 0) is 9.47 Å². The van der Waals surface area contributed by atoms with Crippen LogP contribution < -0.4 is 5.73 Å². The molecule has 2 atom stereocenters. The highest BCUT2D eigenvalue weighted by atomic mass is 16.6. The highest BCUT2D eigenvalue weighted by Crippen LogP contribution is 2.26. The molecule has 27 heavy (non-hydrogen) atoms. The van der Waals surface area contributed by atoms with Crippen molar-refractivity contribution in [2.45, 2.75) is 38.7 Å². The number of aromatic nitrogens is 2. The molecule has 1 aliphatic carbocycles. The van der Waals surface area contributed by atoms with Crippen molar-refractivity contribution in [1.29, 1.82) is 5.26 Å². The molecule has 1 aromatic heterocycles. The summed E-state index contributed by atoms with van der Waals surface area (Å²) in [7, 11) is 0. The summed E-state index contributed by atoms with van der Waals surface area (Å²) in [6.45, 7) is 2.87. The maximum Gasteiger partial charge on any atom is 0.338 e. The van der Waals surface area contributed by atoms with E-state index >= 15 is 0 Å². The van der Waals surface area contributed by atoms with Crippen molar-refractivity contribution in [3.63, 3.8) is 0 Å². The van der Waals surface area contributed by atoms with Crippen molar-refractivity contribution >= 4 is 11.8 Å². The third-order valence-electron chi connectivity index (χ3n) is 4.96. The maximum atomic E-state index is 12.2. The zero-order chi connectivity index (χ0) is 19.2. The fraction of sp³-hybridized carbons (Fsp3) is 0.450. The van der Waals surface area contributed by atoms with E-state index < -0.39 is 5.97 Å². The number of rotatable bonds is 6. The van der Waals surface area contributed by atoms with Crippen molar-refractivity contribution in [3.05, 3.63) is 41.6 Å². The second kappa shape index (κ2) is 8.69. The minimum absolute atomic E-state index is 0.238. The van der Waals surface area contributed by atoms with Gasteiger partial charge in [-0.2, -0.15) is 10.4 Å². The number of nitriles is 1. The zero-order valence-corrected chi connectivity index (χ0v) is 15.4. The van der Waals surface area contributed by atoms with Gasteiger partial charge in [-0.1, -0.05) is 19.8 Å². The predicted molar refractivity (Wildman–Crippen MR) is 100 cm³/mol. The molecule has 1 fully saturated rings. The lowest BCUT2D eigenvalue weighted by molar-refractivity contribution is -0.0271. The number of nitrogens with zero attached hydrogens (tertiary/aromatic N) is 3. The van der Waals surface area contributed by atoms with Gasteiger partial charge in [-0.25, -0.2) is 9.48 Å². The molecule has 7 heteroatoms. The summed E-state index contributed by atoms with van der Waals surface area (Å²) >= 11 is 0. The highest BCUT2D eigenvalue weighted by Gasteiger charge is 2.21. The van der Waals surface area contributed by atoms with Crippen LogP contribution in [0, 0.1) is 17.2 Å². The molecule has 0 amide bonds. The SMILES string of the molecule is C[C@@H]1CCCC[C@@H]1OCCOC(=O)c1ccc(-n2ncc(C#N)c2N)cc1. The van der Waals surface area contributed by atoms with Gasteiger partial charge in [0.05, 0.1) is 30.2 Å². The third kappa shape index (κ3) is 4.47. The number of hydrogen-bond donors (Lipinski definition) is 1. The standard InChI is InChI=1S/C20H24N4O3/c1-14-4-2-3-5-18(14)26-10-11-27-20(25)15-6-8-17(9-7-15)24-19(22)16(12-21)13-23-24/h6-9,13-14,18H,2-5,10-11,22H2,1H3/t14-,18+/m1/s1. The van der Waals surface area contributed by atoms with Gasteiger partial charge >= 0.3 is 5.97 Å². The number of carbonyl (C=O) groups excluding carboxylic acids is 1. The fourth-order valence-corrected chi connectivity index (χ4v) is 3.34. The average molecular weight is 368 g/mol. The van der Waals surface area contributed by atoms with E-state index in [0.29, 0.717) is 29.3 Å². The number of esters is 1. The number of ether oxygens (including phenoxy) is 2. The molecule has 3 rings (SSSR count). The van der Waals surface area contributed by atoms with Crippen LogP contribution in [-0.4, -0.2) is 35.1 Å². The molecule has 0 radical (unpaired) electrons. The lowest BCUT2D eigenvalue weighted by atomic mass is 9.88. The first-order chi connectivity index (χ1) is 13.1. The van der Waals surface area contributed by atoms with Gasteiger partial charge in [0.2, 0.25) is 0 Å². The average Bonchev–Trinajstić information content (AvgIpc) is 3.07. The van der Waals surface area contributed by atoms with Crippen LogP contribution in [0.15, 0.2) is 30.5 Å². The Kier molecular flexibility index (Phi) is 6.09. The molecule has 142 valence electrons. The monoisotopic (exact) mass is 368 g/mol. The molecule has 2 N–H and O–H groups in total. The summed E-state index contributed by atoms with van der Waals surface area (Å²) in [5, 5.41) is 13.0. The van der Waals surface area contributed by atoms with Crippen LogP contribution in [0.1, 0.15) is 48.5 Å². The van der Waals surface area contributed by atoms with Gasteiger partial charge in [0.15, 0.2) is 0 Å². The Bertz CT molecular complexity index is 823. The van der Waals surface area contributed by atoms with Crippen LogP contribution in [0.2, 0.25) is 0 Å². The van der Waals surface area contributed by atoms with E-state index in [1.807, 2.05) is 6.07 Å². The molecule has 2 aromatic rings. The normalized spacial score (nSPS) is 19.4. The second-order valence-corrected chi connectivity index (χ2v) is 6.82. The Hall–Kier alpha value is -2.85. The number of anilines is 1. The van der Waals surface area contributed by atoms with Crippen LogP contribution in [0.3, 0.4) is 0 Å². The molecule has 0 aliphatic heterocycles. The minimum Gasteiger partial charge on any atom is -0.460 e. The molecule has 0 saturated heterocycles. The molecule has 1 heterocycles. The summed E-state index contributed by atoms with van der Waals surface area (Å²) in [5.74, 6) is 0.438. The van der Waals surface area contributed by atoms with Gasteiger partial charge in [-0.3, -0.25) is 0 Å². The first-order valence-electron chi connectivity index (χ1n) is 9.23. The van der Waals surface area contributed by atoms with E-state index in [9.17, 15) is 4.79 Å². The summed E-state index contributed by atoms with van der Waals surface area (Å²) < 4.78 is 12.6. The van der Waals surface area contributed by atoms with Crippen LogP contribution in [0.4, 0.5) is 5.82 Å². The molecule has 7 nitrogen and oxygen atoms in total. The predicted octanol–water partition coefficient (Wildman–Crippen LogP) is 3.08. The van der Waals surface area contributed by atoms with E-state index in [1.54, 1.807) is 24.3 Å². The van der Waals surface area contributed by atoms with Gasteiger partial charge in [0.25, 0.3) is 0 Å². The van der Waals surface area contributed by atoms with E-state index in [1.165, 1.54) is 30.1 Å². The van der Waals surface area contributed by atoms with E-state index in [0.717, 1.165) is 6.42 Å². The van der Waals surface area contributed by atoms with E-state index in [2.05, 4.69) is 12.0 Å². The number of hydrogen-bond acceptors (Lipinski definition) is 6. The van der Waals surface area contributed by atoms with Crippen molar-refractivity contribution in [2.24, 2.45) is 5.92 Å². The first kappa shape index (κ1) is 18.9. The summed E-state index contributed by atoms with van der Waals surface area (Å²) in [6, 6.07) is 8.69. The summed E-state index contributed by atoms with van der Waals surface area (Å²) in [4.78, 5) is 12.2. The van der Waals surface area contributed by atoms with Gasteiger partial charge in [-0.05, 0) is 43.0 Å². The Morgan fingerprint density at radius 1 is 1.30 bits per heavy atom. The Balaban J connectivity index is 1.50. The lowest BCUT2D eigenvalue weighted by Gasteiger charge is -2.28. The topological polar surface area (TPSA) is 103 Å². The summed E-state index contributed by atoms with van der Waals surface area (Å²) in [5.41, 5.74) is 7.29. The van der Waals surface area contributed by atoms with Gasteiger partial charge < -0.3 is 15.2 Å². The van der Waals surface area contributed by atoms with Crippen molar-refractivity contribution in [3.8, 4) is 11.8 Å². The van der Waals surface area contributed by atoms with E-state index in [4.69, 9.17) is 20.5 Å². The lowest BCUT2D eigenvalue weighted by Crippen LogP contribution is -2.27. The Labute approximate surface area is 158 Å². The van der Waals surface area contributed by atoms with Crippen molar-refractivity contribution in [2.75, 3.05) is 18.9 Å². The van der Waals surface area contributed by atoms with Gasteiger partial charge in [-0.15, -0.1) is 0 Å². The Morgan fingerprint density at radius 2 is 2.04 bits per heavy atom. The Morgan fingerprint density at radius 3 is 2.70 bits per heavy atom. The molecule has 0 spiro atoms. The fourth-order valence-electron chi connectivity index (χ4n) is 3.34. The van der Waals surface area contributed by atoms with Crippen LogP contribution in [0.5, 0.6) is 0 Å². The van der Waals surface area contributed by atoms with Gasteiger partial charge in [0, 0.05) is 0 Å². The van der Waals surface area contributed by atoms with Crippen molar-refractivity contribution < 1.29 is 14.3 Å². The number of nitrogens with two attached hydrogens (primary N) is 1. The maximum absolute atomic E-state index is 12.2. The first-order valence-corrected chi connectivity index (χ1v) is 9.23. The van der Waals surface area contributed by atoms with Crippen LogP contribution >= 0.6 is 0 Å². The highest BCUT2D eigenvalue weighted by molar-refractivity contribution is 5.89. The molecular weight excluding hydrogens is 344 g/mol. The number of carbonyl (C=O) groups is 1. The van der Waals surface area contributed by atoms with Crippen LogP contribution in [0.25, 0.3) is 5.69 Å². The molecule has 0 unspecified atom stereocenters. The third-order valence-corrected chi connectivity index (χ3v) is 4.96. The quantitative estimate of drug-likeness (QED) is 0.621. The zero-order valence-electron chi connectivity index (χ0n) is 15.4. The minimum atomic E-state index is -0.395. The molecule has 1 aliphatic rings. The molecule has 1 aromatic carbocycles. The molecule has 1 saturated carbocycles. The molecule has 0 bridgehead atoms. The summed E-state index contributed by atoms with van der Waals surface area (Å²) in [6.07, 6.45) is 6.44. The number of nitrogen functional groups attached to an aromatic ring is 1. The second-order valence-electron chi connectivity index (χ2n) is 6.82. The van der Waals surface area contributed by atoms with Gasteiger partial charge in [0.1, 0.15) is 24.1 Å². The van der Waals surface area contributed by atoms with E-state index in [-0.39, 0.29) is 18.5 Å². The van der Waals surface area contributed by atoms with Crippen molar-refractivity contribution in [1.82, 2.24) is 9.78 Å².